The highest BCUT2D eigenvalue weighted by molar-refractivity contribution is 8.11. The highest BCUT2D eigenvalue weighted by Gasteiger charge is 2.62. The van der Waals surface area contributed by atoms with Crippen molar-refractivity contribution in [1.82, 2.24) is 0 Å². The monoisotopic (exact) mass is 460 g/mol. The molecule has 0 amide bonds. The van der Waals surface area contributed by atoms with Crippen molar-refractivity contribution in [3.63, 3.8) is 0 Å². The summed E-state index contributed by atoms with van der Waals surface area (Å²) in [6, 6.07) is 0. The number of carbonyl (C=O) groups excluding carboxylic acids is 1. The molecule has 0 aromatic heterocycles. The summed E-state index contributed by atoms with van der Waals surface area (Å²) in [6.45, 7) is 12.8. The van der Waals surface area contributed by atoms with Crippen molar-refractivity contribution in [3.8, 4) is 0 Å². The van der Waals surface area contributed by atoms with Crippen molar-refractivity contribution in [1.29, 1.82) is 0 Å². The molecule has 32 heavy (non-hydrogen) atoms. The molecule has 9 atom stereocenters. The van der Waals surface area contributed by atoms with E-state index in [0.717, 1.165) is 58.7 Å². The van der Waals surface area contributed by atoms with Gasteiger partial charge in [0.15, 0.2) is 5.62 Å². The Labute approximate surface area is 204 Å². The molecule has 0 heterocycles. The first kappa shape index (κ1) is 25.1. The van der Waals surface area contributed by atoms with E-state index in [-0.39, 0.29) is 0 Å². The van der Waals surface area contributed by atoms with Crippen molar-refractivity contribution < 1.29 is 4.79 Å². The van der Waals surface area contributed by atoms with Gasteiger partial charge in [-0.25, -0.2) is 0 Å². The van der Waals surface area contributed by atoms with Crippen LogP contribution in [0, 0.1) is 58.2 Å². The molecule has 0 bridgehead atoms. The summed E-state index contributed by atoms with van der Waals surface area (Å²) in [5.74, 6) is 8.40. The van der Waals surface area contributed by atoms with Gasteiger partial charge in [-0.15, -0.1) is 0 Å². The molecule has 4 fully saturated rings. The smallest absolute Gasteiger partial charge is 0.176 e. The van der Waals surface area contributed by atoms with Gasteiger partial charge < -0.3 is 0 Å². The van der Waals surface area contributed by atoms with Crippen molar-refractivity contribution in [3.05, 3.63) is 0 Å². The maximum atomic E-state index is 11.0. The molecule has 0 saturated heterocycles. The van der Waals surface area contributed by atoms with Crippen LogP contribution in [0.25, 0.3) is 0 Å². The SMILES string of the molecule is CC(C)CCCC(C)C1C(CCSC=O)CC2C3CCC4CCCCC4(C)C3CCC21C. The summed E-state index contributed by atoms with van der Waals surface area (Å²) >= 11 is 1.52. The minimum atomic E-state index is 0.548. The highest BCUT2D eigenvalue weighted by atomic mass is 32.2. The first-order valence-electron chi connectivity index (χ1n) is 14.4. The number of carbonyl (C=O) groups is 1. The lowest BCUT2D eigenvalue weighted by Crippen LogP contribution is -2.53. The van der Waals surface area contributed by atoms with Gasteiger partial charge >= 0.3 is 0 Å². The van der Waals surface area contributed by atoms with Gasteiger partial charge in [-0.1, -0.05) is 78.5 Å². The van der Waals surface area contributed by atoms with Crippen molar-refractivity contribution >= 4 is 17.4 Å². The van der Waals surface area contributed by atoms with Crippen LogP contribution in [0.15, 0.2) is 0 Å². The summed E-state index contributed by atoms with van der Waals surface area (Å²) in [5.41, 5.74) is 2.27. The fourth-order valence-electron chi connectivity index (χ4n) is 10.2. The van der Waals surface area contributed by atoms with Gasteiger partial charge in [0.2, 0.25) is 0 Å². The van der Waals surface area contributed by atoms with E-state index in [1.807, 2.05) is 0 Å². The number of hydrogen-bond donors (Lipinski definition) is 0. The Morgan fingerprint density at radius 2 is 1.75 bits per heavy atom. The van der Waals surface area contributed by atoms with Crippen LogP contribution < -0.4 is 0 Å². The summed E-state index contributed by atoms with van der Waals surface area (Å²) in [7, 11) is 0. The summed E-state index contributed by atoms with van der Waals surface area (Å²) in [4.78, 5) is 11.0. The van der Waals surface area contributed by atoms with Gasteiger partial charge in [-0.05, 0) is 110 Å². The minimum absolute atomic E-state index is 0.548. The van der Waals surface area contributed by atoms with Crippen LogP contribution in [0.1, 0.15) is 118 Å². The van der Waals surface area contributed by atoms with E-state index in [1.54, 1.807) is 0 Å². The fourth-order valence-corrected chi connectivity index (χ4v) is 10.8. The molecule has 2 heteroatoms. The second kappa shape index (κ2) is 10.3. The predicted molar refractivity (Wildman–Crippen MR) is 140 cm³/mol. The van der Waals surface area contributed by atoms with E-state index < -0.39 is 0 Å². The van der Waals surface area contributed by atoms with Crippen LogP contribution in [0.5, 0.6) is 0 Å². The van der Waals surface area contributed by atoms with E-state index in [0.29, 0.717) is 10.8 Å². The number of thioether (sulfide) groups is 1. The number of rotatable bonds is 9. The predicted octanol–water partition coefficient (Wildman–Crippen LogP) is 9.04. The van der Waals surface area contributed by atoms with E-state index in [9.17, 15) is 4.79 Å². The Balaban J connectivity index is 1.54. The quantitative estimate of drug-likeness (QED) is 0.252. The van der Waals surface area contributed by atoms with Crippen molar-refractivity contribution in [2.75, 3.05) is 5.75 Å². The maximum absolute atomic E-state index is 11.0. The Kier molecular flexibility index (Phi) is 8.11. The average Bonchev–Trinajstić information content (AvgIpc) is 3.05. The molecule has 4 rings (SSSR count). The lowest BCUT2D eigenvalue weighted by atomic mass is 9.44. The van der Waals surface area contributed by atoms with Crippen LogP contribution in [-0.4, -0.2) is 11.4 Å². The fraction of sp³-hybridized carbons (Fsp3) is 0.967. The Hall–Kier alpha value is 0.0200. The van der Waals surface area contributed by atoms with E-state index >= 15 is 0 Å². The molecule has 1 nitrogen and oxygen atoms in total. The van der Waals surface area contributed by atoms with Crippen LogP contribution in [0.2, 0.25) is 0 Å². The minimum Gasteiger partial charge on any atom is -0.291 e. The van der Waals surface area contributed by atoms with E-state index in [4.69, 9.17) is 0 Å². The largest absolute Gasteiger partial charge is 0.291 e. The van der Waals surface area contributed by atoms with E-state index in [2.05, 4.69) is 34.6 Å². The molecule has 0 radical (unpaired) electrons. The molecular weight excluding hydrogens is 408 g/mol. The lowest BCUT2D eigenvalue weighted by molar-refractivity contribution is -0.114. The van der Waals surface area contributed by atoms with Crippen LogP contribution in [0.4, 0.5) is 0 Å². The van der Waals surface area contributed by atoms with Crippen LogP contribution >= 0.6 is 11.8 Å². The number of fused-ring (bicyclic) bond motifs is 5. The maximum Gasteiger partial charge on any atom is 0.176 e. The Morgan fingerprint density at radius 1 is 0.938 bits per heavy atom. The summed E-state index contributed by atoms with van der Waals surface area (Å²) < 4.78 is 0. The molecule has 4 aliphatic rings. The van der Waals surface area contributed by atoms with Gasteiger partial charge in [0, 0.05) is 5.75 Å². The van der Waals surface area contributed by atoms with Crippen LogP contribution in [0.3, 0.4) is 0 Å². The molecule has 9 unspecified atom stereocenters. The first-order chi connectivity index (χ1) is 15.3. The van der Waals surface area contributed by atoms with Crippen molar-refractivity contribution in [2.45, 2.75) is 118 Å². The molecule has 4 saturated carbocycles. The lowest BCUT2D eigenvalue weighted by Gasteiger charge is -2.61. The van der Waals surface area contributed by atoms with Gasteiger partial charge in [0.05, 0.1) is 0 Å². The summed E-state index contributed by atoms with van der Waals surface area (Å²) in [6.07, 6.45) is 19.0. The Bertz CT molecular complexity index is 630. The third kappa shape index (κ3) is 4.61. The molecule has 0 aromatic carbocycles. The Morgan fingerprint density at radius 3 is 2.50 bits per heavy atom. The van der Waals surface area contributed by atoms with Gasteiger partial charge in [0.1, 0.15) is 0 Å². The molecule has 0 aromatic rings. The normalized spacial score (nSPS) is 44.6. The van der Waals surface area contributed by atoms with Gasteiger partial charge in [0.25, 0.3) is 0 Å². The summed E-state index contributed by atoms with van der Waals surface area (Å²) in [5, 5.41) is 0. The van der Waals surface area contributed by atoms with Gasteiger partial charge in [-0.3, -0.25) is 4.79 Å². The van der Waals surface area contributed by atoms with Crippen molar-refractivity contribution in [2.24, 2.45) is 58.2 Å². The van der Waals surface area contributed by atoms with E-state index in [1.165, 1.54) is 95.2 Å². The molecule has 0 N–H and O–H groups in total. The molecule has 184 valence electrons. The third-order valence-electron chi connectivity index (χ3n) is 11.6. The third-order valence-corrected chi connectivity index (χ3v) is 12.2. The molecule has 0 aliphatic heterocycles. The first-order valence-corrected chi connectivity index (χ1v) is 15.4. The number of hydrogen-bond acceptors (Lipinski definition) is 2. The molecular formula is C30H52OS. The second-order valence-corrected chi connectivity index (χ2v) is 14.5. The topological polar surface area (TPSA) is 17.1 Å². The second-order valence-electron chi connectivity index (χ2n) is 13.5. The van der Waals surface area contributed by atoms with Gasteiger partial charge in [-0.2, -0.15) is 0 Å². The van der Waals surface area contributed by atoms with Crippen LogP contribution in [-0.2, 0) is 4.79 Å². The zero-order chi connectivity index (χ0) is 22.9. The highest BCUT2D eigenvalue weighted by Crippen LogP contribution is 2.69. The molecule has 0 spiro atoms. The molecule has 4 aliphatic carbocycles. The average molecular weight is 461 g/mol. The zero-order valence-electron chi connectivity index (χ0n) is 21.9. The zero-order valence-corrected chi connectivity index (χ0v) is 22.7. The standard InChI is InChI=1S/C30H52OS/c1-21(2)9-8-10-22(3)28-23(15-18-32-20-31)19-27-25-13-12-24-11-6-7-16-29(24,4)26(25)14-17-30(27,28)5/h20-28H,6-19H2,1-5H3.